The fourth-order valence-electron chi connectivity index (χ4n) is 5.02. The Morgan fingerprint density at radius 2 is 1.25 bits per heavy atom. The lowest BCUT2D eigenvalue weighted by atomic mass is 9.60. The number of aromatic nitrogens is 1. The van der Waals surface area contributed by atoms with Gasteiger partial charge in [0.05, 0.1) is 0 Å². The first kappa shape index (κ1) is 21.3. The molecule has 0 saturated heterocycles. The summed E-state index contributed by atoms with van der Waals surface area (Å²) in [5, 5.41) is 0. The topological polar surface area (TPSA) is 15.8 Å². The minimum absolute atomic E-state index is 0.524. The van der Waals surface area contributed by atoms with Crippen molar-refractivity contribution in [1.29, 1.82) is 0 Å². The highest BCUT2D eigenvalue weighted by molar-refractivity contribution is 5.03. The predicted molar refractivity (Wildman–Crippen MR) is 108 cm³/mol. The molecule has 1 N–H and O–H groups in total. The molecule has 0 amide bonds. The van der Waals surface area contributed by atoms with E-state index in [1.807, 2.05) is 6.20 Å². The molecule has 1 aromatic rings. The summed E-state index contributed by atoms with van der Waals surface area (Å²) in [6.07, 6.45) is 14.5. The van der Waals surface area contributed by atoms with Gasteiger partial charge < -0.3 is 4.98 Å². The SMILES string of the molecule is CC(C)C(CCCCCCCCCc1ccc[nH]1)(C(C)C)C(C)C. The van der Waals surface area contributed by atoms with Crippen molar-refractivity contribution in [2.24, 2.45) is 23.2 Å². The van der Waals surface area contributed by atoms with Gasteiger partial charge in [0.2, 0.25) is 0 Å². The van der Waals surface area contributed by atoms with Gasteiger partial charge in [-0.15, -0.1) is 0 Å². The van der Waals surface area contributed by atoms with Crippen molar-refractivity contribution in [2.45, 2.75) is 99.3 Å². The van der Waals surface area contributed by atoms with E-state index in [0.717, 1.165) is 17.8 Å². The molecule has 1 aromatic heterocycles. The molecule has 0 atom stereocenters. The van der Waals surface area contributed by atoms with Crippen LogP contribution in [0.25, 0.3) is 0 Å². The summed E-state index contributed by atoms with van der Waals surface area (Å²) in [5.74, 6) is 2.35. The van der Waals surface area contributed by atoms with Crippen molar-refractivity contribution in [1.82, 2.24) is 4.98 Å². The number of nitrogens with one attached hydrogen (secondary N) is 1. The summed E-state index contributed by atoms with van der Waals surface area (Å²) in [7, 11) is 0. The molecular formula is C23H43N. The molecule has 1 heteroatoms. The molecule has 0 unspecified atom stereocenters. The second-order valence-electron chi connectivity index (χ2n) is 8.75. The fraction of sp³-hybridized carbons (Fsp3) is 0.826. The predicted octanol–water partition coefficient (Wildman–Crippen LogP) is 7.63. The normalized spacial score (nSPS) is 12.7. The molecule has 0 aliphatic rings. The highest BCUT2D eigenvalue weighted by atomic mass is 14.7. The van der Waals surface area contributed by atoms with Gasteiger partial charge in [-0.1, -0.05) is 80.1 Å². The van der Waals surface area contributed by atoms with Gasteiger partial charge in [-0.3, -0.25) is 0 Å². The van der Waals surface area contributed by atoms with Crippen molar-refractivity contribution in [3.63, 3.8) is 0 Å². The van der Waals surface area contributed by atoms with Crippen LogP contribution in [0, 0.1) is 23.2 Å². The first-order chi connectivity index (χ1) is 11.4. The van der Waals surface area contributed by atoms with Gasteiger partial charge in [-0.25, -0.2) is 0 Å². The average molecular weight is 334 g/mol. The van der Waals surface area contributed by atoms with Crippen LogP contribution in [0.5, 0.6) is 0 Å². The Kier molecular flexibility index (Phi) is 9.78. The van der Waals surface area contributed by atoms with Gasteiger partial charge in [-0.05, 0) is 54.6 Å². The molecule has 1 heterocycles. The molecule has 0 aromatic carbocycles. The third-order valence-corrected chi connectivity index (χ3v) is 6.44. The number of unbranched alkanes of at least 4 members (excludes halogenated alkanes) is 6. The Bertz CT molecular complexity index is 378. The zero-order valence-corrected chi connectivity index (χ0v) is 17.3. The second kappa shape index (κ2) is 11.0. The molecule has 0 aliphatic heterocycles. The molecule has 24 heavy (non-hydrogen) atoms. The summed E-state index contributed by atoms with van der Waals surface area (Å²) in [6, 6.07) is 4.30. The number of aromatic amines is 1. The van der Waals surface area contributed by atoms with Crippen LogP contribution in [0.15, 0.2) is 18.3 Å². The maximum atomic E-state index is 3.30. The van der Waals surface area contributed by atoms with E-state index in [1.165, 1.54) is 63.5 Å². The molecule has 0 saturated carbocycles. The van der Waals surface area contributed by atoms with E-state index >= 15 is 0 Å². The largest absolute Gasteiger partial charge is 0.365 e. The van der Waals surface area contributed by atoms with E-state index in [2.05, 4.69) is 58.7 Å². The van der Waals surface area contributed by atoms with Crippen molar-refractivity contribution < 1.29 is 0 Å². The molecule has 0 radical (unpaired) electrons. The first-order valence-corrected chi connectivity index (χ1v) is 10.5. The quantitative estimate of drug-likeness (QED) is 0.357. The third kappa shape index (κ3) is 6.30. The van der Waals surface area contributed by atoms with Crippen LogP contribution in [0.2, 0.25) is 0 Å². The number of rotatable bonds is 13. The summed E-state index contributed by atoms with van der Waals surface area (Å²) >= 11 is 0. The van der Waals surface area contributed by atoms with Gasteiger partial charge in [0.1, 0.15) is 0 Å². The lowest BCUT2D eigenvalue weighted by Gasteiger charge is -2.45. The van der Waals surface area contributed by atoms with Crippen LogP contribution in [0.1, 0.15) is 98.6 Å². The van der Waals surface area contributed by atoms with Gasteiger partial charge in [0.25, 0.3) is 0 Å². The zero-order valence-electron chi connectivity index (χ0n) is 17.3. The summed E-state index contributed by atoms with van der Waals surface area (Å²) in [4.78, 5) is 3.30. The standard InChI is InChI=1S/C23H43N/c1-19(2)23(20(3)4,21(5)6)17-13-11-9-7-8-10-12-15-22-16-14-18-24-22/h14,16,18-21,24H,7-13,15,17H2,1-6H3. The lowest BCUT2D eigenvalue weighted by molar-refractivity contribution is 0.0356. The van der Waals surface area contributed by atoms with Gasteiger partial charge in [-0.2, -0.15) is 0 Å². The van der Waals surface area contributed by atoms with Gasteiger partial charge in [0, 0.05) is 11.9 Å². The Hall–Kier alpha value is -0.720. The molecule has 0 fully saturated rings. The zero-order chi connectivity index (χ0) is 18.0. The molecule has 1 nitrogen and oxygen atoms in total. The summed E-state index contributed by atoms with van der Waals surface area (Å²) in [5.41, 5.74) is 1.91. The lowest BCUT2D eigenvalue weighted by Crippen LogP contribution is -2.38. The van der Waals surface area contributed by atoms with E-state index in [1.54, 1.807) is 0 Å². The van der Waals surface area contributed by atoms with Gasteiger partial charge in [0.15, 0.2) is 0 Å². The Morgan fingerprint density at radius 1 is 0.750 bits per heavy atom. The van der Waals surface area contributed by atoms with Crippen molar-refractivity contribution in [3.05, 3.63) is 24.0 Å². The van der Waals surface area contributed by atoms with E-state index in [4.69, 9.17) is 0 Å². The minimum Gasteiger partial charge on any atom is -0.365 e. The Morgan fingerprint density at radius 3 is 1.71 bits per heavy atom. The van der Waals surface area contributed by atoms with Crippen LogP contribution in [0.4, 0.5) is 0 Å². The average Bonchev–Trinajstić information content (AvgIpc) is 3.01. The van der Waals surface area contributed by atoms with Crippen LogP contribution in [-0.4, -0.2) is 4.98 Å². The summed E-state index contributed by atoms with van der Waals surface area (Å²) in [6.45, 7) is 14.6. The number of hydrogen-bond acceptors (Lipinski definition) is 0. The molecule has 1 rings (SSSR count). The summed E-state index contributed by atoms with van der Waals surface area (Å²) < 4.78 is 0. The Labute approximate surface area is 152 Å². The molecule has 0 bridgehead atoms. The Balaban J connectivity index is 2.13. The van der Waals surface area contributed by atoms with Crippen LogP contribution < -0.4 is 0 Å². The molecular weight excluding hydrogens is 290 g/mol. The first-order valence-electron chi connectivity index (χ1n) is 10.5. The molecule has 0 aliphatic carbocycles. The van der Waals surface area contributed by atoms with E-state index in [0.29, 0.717) is 5.41 Å². The fourth-order valence-corrected chi connectivity index (χ4v) is 5.02. The number of H-pyrrole nitrogens is 1. The van der Waals surface area contributed by atoms with Crippen molar-refractivity contribution >= 4 is 0 Å². The van der Waals surface area contributed by atoms with Crippen LogP contribution in [-0.2, 0) is 6.42 Å². The smallest absolute Gasteiger partial charge is 0.0147 e. The van der Waals surface area contributed by atoms with E-state index < -0.39 is 0 Å². The van der Waals surface area contributed by atoms with Crippen LogP contribution in [0.3, 0.4) is 0 Å². The van der Waals surface area contributed by atoms with Crippen molar-refractivity contribution in [2.75, 3.05) is 0 Å². The monoisotopic (exact) mass is 333 g/mol. The van der Waals surface area contributed by atoms with E-state index in [9.17, 15) is 0 Å². The third-order valence-electron chi connectivity index (χ3n) is 6.44. The molecule has 140 valence electrons. The maximum absolute atomic E-state index is 3.30. The number of aryl methyl sites for hydroxylation is 1. The molecule has 0 spiro atoms. The highest BCUT2D eigenvalue weighted by Gasteiger charge is 2.39. The van der Waals surface area contributed by atoms with Gasteiger partial charge >= 0.3 is 0 Å². The van der Waals surface area contributed by atoms with E-state index in [-0.39, 0.29) is 0 Å². The minimum atomic E-state index is 0.524. The van der Waals surface area contributed by atoms with Crippen LogP contribution >= 0.6 is 0 Å². The van der Waals surface area contributed by atoms with Crippen molar-refractivity contribution in [3.8, 4) is 0 Å². The highest BCUT2D eigenvalue weighted by Crippen LogP contribution is 2.47. The maximum Gasteiger partial charge on any atom is 0.0147 e. The second-order valence-corrected chi connectivity index (χ2v) is 8.75. The number of hydrogen-bond donors (Lipinski definition) is 1.